The minimum Gasteiger partial charge on any atom is -0.347 e. The summed E-state index contributed by atoms with van der Waals surface area (Å²) in [6.45, 7) is 4.74. The summed E-state index contributed by atoms with van der Waals surface area (Å²) >= 11 is 1.74. The Balaban J connectivity index is 1.81. The Morgan fingerprint density at radius 1 is 1.21 bits per heavy atom. The molecule has 0 saturated heterocycles. The van der Waals surface area contributed by atoms with E-state index in [9.17, 15) is 0 Å². The van der Waals surface area contributed by atoms with E-state index in [4.69, 9.17) is 5.73 Å². The van der Waals surface area contributed by atoms with Gasteiger partial charge in [0.05, 0.1) is 5.69 Å². The maximum atomic E-state index is 5.75. The molecule has 2 aromatic rings. The van der Waals surface area contributed by atoms with Crippen molar-refractivity contribution in [2.75, 3.05) is 18.0 Å². The number of thiazole rings is 1. The van der Waals surface area contributed by atoms with Crippen molar-refractivity contribution in [1.29, 1.82) is 0 Å². The third-order valence-electron chi connectivity index (χ3n) is 3.76. The summed E-state index contributed by atoms with van der Waals surface area (Å²) in [5.41, 5.74) is 9.80. The van der Waals surface area contributed by atoms with E-state index in [1.165, 1.54) is 16.0 Å². The summed E-state index contributed by atoms with van der Waals surface area (Å²) in [5, 5.41) is 1.13. The molecule has 0 unspecified atom stereocenters. The Morgan fingerprint density at radius 3 is 2.37 bits per heavy atom. The average molecular weight is 273 g/mol. The van der Waals surface area contributed by atoms with Gasteiger partial charge < -0.3 is 10.6 Å². The monoisotopic (exact) mass is 273 g/mol. The van der Waals surface area contributed by atoms with Crippen molar-refractivity contribution in [1.82, 2.24) is 4.98 Å². The van der Waals surface area contributed by atoms with Crippen molar-refractivity contribution >= 4 is 16.5 Å². The lowest BCUT2D eigenvalue weighted by Gasteiger charge is -2.18. The number of rotatable bonds is 2. The lowest BCUT2D eigenvalue weighted by atomic mass is 10.0. The summed E-state index contributed by atoms with van der Waals surface area (Å²) in [5.74, 6) is 0. The van der Waals surface area contributed by atoms with Crippen LogP contribution in [0.4, 0.5) is 5.13 Å². The molecule has 4 heteroatoms. The molecule has 0 atom stereocenters. The van der Waals surface area contributed by atoms with Gasteiger partial charge in [-0.1, -0.05) is 24.3 Å². The molecule has 2 heterocycles. The van der Waals surface area contributed by atoms with Crippen molar-refractivity contribution in [3.8, 4) is 0 Å². The third kappa shape index (κ3) is 2.51. The van der Waals surface area contributed by atoms with E-state index >= 15 is 0 Å². The summed E-state index contributed by atoms with van der Waals surface area (Å²) in [6.07, 6.45) is 2.21. The number of aromatic nitrogens is 1. The highest BCUT2D eigenvalue weighted by Crippen LogP contribution is 2.27. The van der Waals surface area contributed by atoms with E-state index in [2.05, 4.69) is 41.1 Å². The Hall–Kier alpha value is -1.39. The number of hydrogen-bond acceptors (Lipinski definition) is 4. The molecule has 3 nitrogen and oxygen atoms in total. The highest BCUT2D eigenvalue weighted by atomic mass is 32.1. The second-order valence-corrected chi connectivity index (χ2v) is 6.03. The molecule has 0 spiro atoms. The van der Waals surface area contributed by atoms with Crippen LogP contribution < -0.4 is 10.6 Å². The molecule has 1 aliphatic rings. The molecule has 19 heavy (non-hydrogen) atoms. The predicted octanol–water partition coefficient (Wildman–Crippen LogP) is 2.52. The minimum absolute atomic E-state index is 0.595. The van der Waals surface area contributed by atoms with E-state index in [1.54, 1.807) is 11.3 Å². The molecule has 1 aliphatic heterocycles. The van der Waals surface area contributed by atoms with Crippen LogP contribution in [0.1, 0.15) is 21.7 Å². The first kappa shape index (κ1) is 12.6. The third-order valence-corrected chi connectivity index (χ3v) is 5.00. The van der Waals surface area contributed by atoms with Gasteiger partial charge in [-0.25, -0.2) is 4.98 Å². The van der Waals surface area contributed by atoms with Gasteiger partial charge in [-0.3, -0.25) is 0 Å². The zero-order valence-corrected chi connectivity index (χ0v) is 12.0. The molecule has 0 bridgehead atoms. The summed E-state index contributed by atoms with van der Waals surface area (Å²) in [6, 6.07) is 8.76. The second-order valence-electron chi connectivity index (χ2n) is 4.96. The predicted molar refractivity (Wildman–Crippen MR) is 80.8 cm³/mol. The van der Waals surface area contributed by atoms with Crippen molar-refractivity contribution in [3.05, 3.63) is 46.0 Å². The lowest BCUT2D eigenvalue weighted by molar-refractivity contribution is 0.799. The molecule has 0 saturated carbocycles. The largest absolute Gasteiger partial charge is 0.347 e. The van der Waals surface area contributed by atoms with Crippen molar-refractivity contribution in [2.24, 2.45) is 5.73 Å². The van der Waals surface area contributed by atoms with Crippen molar-refractivity contribution in [2.45, 2.75) is 26.3 Å². The molecule has 0 amide bonds. The maximum Gasteiger partial charge on any atom is 0.185 e. The number of nitrogens with two attached hydrogens (primary N) is 1. The fourth-order valence-corrected chi connectivity index (χ4v) is 3.59. The molecule has 1 aromatic carbocycles. The van der Waals surface area contributed by atoms with Crippen LogP contribution >= 0.6 is 11.3 Å². The first-order chi connectivity index (χ1) is 9.28. The zero-order valence-electron chi connectivity index (χ0n) is 11.2. The standard InChI is InChI=1S/C15H19N3S/c1-11-14(10-16)19-15(17-11)18-8-6-12-4-2-3-5-13(12)7-9-18/h2-5H,6-10,16H2,1H3. The molecule has 0 radical (unpaired) electrons. The normalized spacial score (nSPS) is 15.2. The highest BCUT2D eigenvalue weighted by molar-refractivity contribution is 7.15. The van der Waals surface area contributed by atoms with Crippen LogP contribution in [0.5, 0.6) is 0 Å². The number of benzene rings is 1. The maximum absolute atomic E-state index is 5.75. The van der Waals surface area contributed by atoms with Gasteiger partial charge in [0.25, 0.3) is 0 Å². The SMILES string of the molecule is Cc1nc(N2CCc3ccccc3CC2)sc1CN. The minimum atomic E-state index is 0.595. The van der Waals surface area contributed by atoms with E-state index < -0.39 is 0 Å². The van der Waals surface area contributed by atoms with Gasteiger partial charge in [-0.05, 0) is 30.9 Å². The first-order valence-corrected chi connectivity index (χ1v) is 7.57. The molecule has 100 valence electrons. The van der Waals surface area contributed by atoms with Gasteiger partial charge in [0, 0.05) is 24.5 Å². The smallest absolute Gasteiger partial charge is 0.185 e. The lowest BCUT2D eigenvalue weighted by Crippen LogP contribution is -2.25. The number of aryl methyl sites for hydroxylation is 1. The molecule has 1 aromatic heterocycles. The Bertz CT molecular complexity index is 550. The Kier molecular flexibility index (Phi) is 3.53. The van der Waals surface area contributed by atoms with Crippen LogP contribution in [0.15, 0.2) is 24.3 Å². The van der Waals surface area contributed by atoms with Crippen LogP contribution in [0.2, 0.25) is 0 Å². The van der Waals surface area contributed by atoms with Crippen LogP contribution in [0.25, 0.3) is 0 Å². The molecule has 0 fully saturated rings. The van der Waals surface area contributed by atoms with Gasteiger partial charge in [0.1, 0.15) is 0 Å². The fraction of sp³-hybridized carbons (Fsp3) is 0.400. The number of anilines is 1. The van der Waals surface area contributed by atoms with Crippen molar-refractivity contribution < 1.29 is 0 Å². The van der Waals surface area contributed by atoms with Crippen LogP contribution in [0, 0.1) is 6.92 Å². The Morgan fingerprint density at radius 2 is 1.84 bits per heavy atom. The second kappa shape index (κ2) is 5.31. The van der Waals surface area contributed by atoms with Gasteiger partial charge in [-0.2, -0.15) is 0 Å². The molecule has 3 rings (SSSR count). The van der Waals surface area contributed by atoms with E-state index in [0.717, 1.165) is 36.8 Å². The van der Waals surface area contributed by atoms with Crippen LogP contribution in [0.3, 0.4) is 0 Å². The molecule has 2 N–H and O–H groups in total. The number of hydrogen-bond donors (Lipinski definition) is 1. The van der Waals surface area contributed by atoms with Gasteiger partial charge in [0.2, 0.25) is 0 Å². The fourth-order valence-electron chi connectivity index (χ4n) is 2.60. The number of nitrogens with zero attached hydrogens (tertiary/aromatic N) is 2. The molecule has 0 aliphatic carbocycles. The van der Waals surface area contributed by atoms with Crippen LogP contribution in [-0.2, 0) is 19.4 Å². The summed E-state index contributed by atoms with van der Waals surface area (Å²) in [7, 11) is 0. The zero-order chi connectivity index (χ0) is 13.2. The summed E-state index contributed by atoms with van der Waals surface area (Å²) in [4.78, 5) is 8.28. The first-order valence-electron chi connectivity index (χ1n) is 6.76. The van der Waals surface area contributed by atoms with Crippen molar-refractivity contribution in [3.63, 3.8) is 0 Å². The quantitative estimate of drug-likeness (QED) is 0.914. The highest BCUT2D eigenvalue weighted by Gasteiger charge is 2.17. The van der Waals surface area contributed by atoms with Gasteiger partial charge in [0.15, 0.2) is 5.13 Å². The Labute approximate surface area is 118 Å². The topological polar surface area (TPSA) is 42.2 Å². The van der Waals surface area contributed by atoms with E-state index in [0.29, 0.717) is 6.54 Å². The van der Waals surface area contributed by atoms with Crippen LogP contribution in [-0.4, -0.2) is 18.1 Å². The van der Waals surface area contributed by atoms with E-state index in [-0.39, 0.29) is 0 Å². The number of fused-ring (bicyclic) bond motifs is 1. The van der Waals surface area contributed by atoms with E-state index in [1.807, 2.05) is 0 Å². The van der Waals surface area contributed by atoms with Gasteiger partial charge in [-0.15, -0.1) is 11.3 Å². The van der Waals surface area contributed by atoms with Gasteiger partial charge >= 0.3 is 0 Å². The molecular formula is C15H19N3S. The summed E-state index contributed by atoms with van der Waals surface area (Å²) < 4.78 is 0. The average Bonchev–Trinajstić information content (AvgIpc) is 2.68. The molecular weight excluding hydrogens is 254 g/mol.